The summed E-state index contributed by atoms with van der Waals surface area (Å²) in [6, 6.07) is 0.356. The van der Waals surface area contributed by atoms with Crippen molar-refractivity contribution in [2.24, 2.45) is 5.92 Å². The second-order valence-corrected chi connectivity index (χ2v) is 6.59. The monoisotopic (exact) mass is 329 g/mol. The van der Waals surface area contributed by atoms with Gasteiger partial charge in [0.2, 0.25) is 5.91 Å². The Balaban J connectivity index is 1.54. The molecule has 2 aromatic rings. The summed E-state index contributed by atoms with van der Waals surface area (Å²) in [5.41, 5.74) is 1.60. The predicted octanol–water partition coefficient (Wildman–Crippen LogP) is 0.390. The number of carbonyl (C=O) groups excluding carboxylic acids is 1. The number of hydrogen-bond donors (Lipinski definition) is 2. The number of piperidine rings is 2. The van der Waals surface area contributed by atoms with Gasteiger partial charge in [0.15, 0.2) is 11.5 Å². The molecule has 2 saturated heterocycles. The Morgan fingerprint density at radius 1 is 1.33 bits per heavy atom. The van der Waals surface area contributed by atoms with Crippen LogP contribution in [-0.4, -0.2) is 70.0 Å². The maximum absolute atomic E-state index is 12.3. The summed E-state index contributed by atoms with van der Waals surface area (Å²) >= 11 is 0. The number of nitrogens with one attached hydrogen (secondary N) is 2. The van der Waals surface area contributed by atoms with Crippen LogP contribution in [0.1, 0.15) is 19.3 Å². The number of H-pyrrole nitrogens is 1. The summed E-state index contributed by atoms with van der Waals surface area (Å²) in [4.78, 5) is 32.7. The van der Waals surface area contributed by atoms with Crippen LogP contribution in [0.3, 0.4) is 0 Å². The van der Waals surface area contributed by atoms with E-state index in [-0.39, 0.29) is 0 Å². The van der Waals surface area contributed by atoms with E-state index in [1.165, 1.54) is 0 Å². The van der Waals surface area contributed by atoms with Crippen molar-refractivity contribution in [1.82, 2.24) is 30.2 Å². The molecule has 2 aliphatic heterocycles. The van der Waals surface area contributed by atoms with Crippen molar-refractivity contribution in [3.8, 4) is 0 Å². The first kappa shape index (κ1) is 15.3. The molecule has 0 saturated carbocycles. The van der Waals surface area contributed by atoms with Crippen molar-refractivity contribution in [3.63, 3.8) is 0 Å². The first-order valence-electron chi connectivity index (χ1n) is 8.61. The number of carbonyl (C=O) groups is 1. The Morgan fingerprint density at radius 2 is 2.25 bits per heavy atom. The number of imidazole rings is 1. The smallest absolute Gasteiger partial charge is 0.222 e. The Morgan fingerprint density at radius 3 is 3.12 bits per heavy atom. The lowest BCUT2D eigenvalue weighted by Crippen LogP contribution is -2.57. The zero-order chi connectivity index (χ0) is 16.5. The molecule has 2 atom stereocenters. The largest absolute Gasteiger partial charge is 0.354 e. The minimum Gasteiger partial charge on any atom is -0.354 e. The third kappa shape index (κ3) is 2.60. The molecule has 128 valence electrons. The lowest BCUT2D eigenvalue weighted by Gasteiger charge is -2.47. The average molecular weight is 329 g/mol. The topological polar surface area (TPSA) is 90.0 Å². The van der Waals surface area contributed by atoms with Gasteiger partial charge in [0, 0.05) is 38.6 Å². The molecule has 0 aliphatic carbocycles. The third-order valence-corrected chi connectivity index (χ3v) is 5.25. The van der Waals surface area contributed by atoms with Crippen LogP contribution >= 0.6 is 0 Å². The number of anilines is 1. The van der Waals surface area contributed by atoms with Crippen LogP contribution in [0.4, 0.5) is 5.82 Å². The number of aromatic amines is 1. The SMILES string of the molecule is CNCCN1C(=O)CC[C@H]2CN(c3ncnc4nc[nH]c34)CC[C@H]21. The van der Waals surface area contributed by atoms with Crippen molar-refractivity contribution in [2.45, 2.75) is 25.3 Å². The van der Waals surface area contributed by atoms with Gasteiger partial charge >= 0.3 is 0 Å². The maximum Gasteiger partial charge on any atom is 0.222 e. The molecule has 0 bridgehead atoms. The fraction of sp³-hybridized carbons (Fsp3) is 0.625. The first-order valence-corrected chi connectivity index (χ1v) is 8.61. The zero-order valence-corrected chi connectivity index (χ0v) is 13.9. The lowest BCUT2D eigenvalue weighted by atomic mass is 9.83. The summed E-state index contributed by atoms with van der Waals surface area (Å²) in [5.74, 6) is 1.73. The van der Waals surface area contributed by atoms with Gasteiger partial charge in [-0.2, -0.15) is 0 Å². The first-order chi connectivity index (χ1) is 11.8. The molecule has 24 heavy (non-hydrogen) atoms. The maximum atomic E-state index is 12.3. The summed E-state index contributed by atoms with van der Waals surface area (Å²) in [6.45, 7) is 3.48. The van der Waals surface area contributed by atoms with Crippen molar-refractivity contribution in [2.75, 3.05) is 38.1 Å². The van der Waals surface area contributed by atoms with Crippen molar-refractivity contribution in [1.29, 1.82) is 0 Å². The van der Waals surface area contributed by atoms with Crippen LogP contribution in [0.5, 0.6) is 0 Å². The highest BCUT2D eigenvalue weighted by Crippen LogP contribution is 2.33. The van der Waals surface area contributed by atoms with Crippen LogP contribution in [0.2, 0.25) is 0 Å². The van der Waals surface area contributed by atoms with Gasteiger partial charge in [-0.1, -0.05) is 0 Å². The van der Waals surface area contributed by atoms with Gasteiger partial charge in [-0.05, 0) is 25.8 Å². The summed E-state index contributed by atoms with van der Waals surface area (Å²) < 4.78 is 0. The number of likely N-dealkylation sites (tertiary alicyclic amines) is 1. The molecule has 2 N–H and O–H groups in total. The van der Waals surface area contributed by atoms with Gasteiger partial charge in [-0.3, -0.25) is 4.79 Å². The number of rotatable bonds is 4. The van der Waals surface area contributed by atoms with E-state index in [2.05, 4.69) is 35.1 Å². The fourth-order valence-corrected chi connectivity index (χ4v) is 4.06. The standard InChI is InChI=1S/C16H23N7O/c1-17-5-7-23-12-4-6-22(8-11(12)2-3-13(23)24)16-14-15(19-9-18-14)20-10-21-16/h9-12,17H,2-8H2,1H3,(H,18,19,20,21)/t11-,12+/m0/s1. The van der Waals surface area contributed by atoms with E-state index < -0.39 is 0 Å². The van der Waals surface area contributed by atoms with Gasteiger partial charge in [0.25, 0.3) is 0 Å². The Kier molecular flexibility index (Phi) is 4.05. The van der Waals surface area contributed by atoms with E-state index in [0.29, 0.717) is 29.9 Å². The molecule has 8 heteroatoms. The molecule has 0 unspecified atom stereocenters. The van der Waals surface area contributed by atoms with Crippen molar-refractivity contribution >= 4 is 22.9 Å². The number of hydrogen-bond acceptors (Lipinski definition) is 6. The highest BCUT2D eigenvalue weighted by molar-refractivity contribution is 5.83. The Bertz CT molecular complexity index is 730. The Hall–Kier alpha value is -2.22. The van der Waals surface area contributed by atoms with E-state index in [1.807, 2.05) is 7.05 Å². The summed E-state index contributed by atoms with van der Waals surface area (Å²) in [5, 5.41) is 3.15. The lowest BCUT2D eigenvalue weighted by molar-refractivity contribution is -0.139. The molecule has 2 fully saturated rings. The van der Waals surface area contributed by atoms with Gasteiger partial charge in [0.05, 0.1) is 6.33 Å². The van der Waals surface area contributed by atoms with Crippen LogP contribution in [0, 0.1) is 5.92 Å². The van der Waals surface area contributed by atoms with Crippen LogP contribution in [-0.2, 0) is 4.79 Å². The Labute approximate surface area is 140 Å². The predicted molar refractivity (Wildman–Crippen MR) is 90.7 cm³/mol. The van der Waals surface area contributed by atoms with Gasteiger partial charge in [0.1, 0.15) is 11.8 Å². The van der Waals surface area contributed by atoms with Gasteiger partial charge in [-0.25, -0.2) is 15.0 Å². The highest BCUT2D eigenvalue weighted by atomic mass is 16.2. The van der Waals surface area contributed by atoms with Crippen LogP contribution in [0.15, 0.2) is 12.7 Å². The second-order valence-electron chi connectivity index (χ2n) is 6.59. The van der Waals surface area contributed by atoms with Crippen molar-refractivity contribution in [3.05, 3.63) is 12.7 Å². The number of likely N-dealkylation sites (N-methyl/N-ethyl adjacent to an activating group) is 1. The molecule has 0 radical (unpaired) electrons. The molecule has 0 aromatic carbocycles. The van der Waals surface area contributed by atoms with E-state index >= 15 is 0 Å². The minimum atomic E-state index is 0.304. The van der Waals surface area contributed by atoms with E-state index in [0.717, 1.165) is 50.4 Å². The molecule has 8 nitrogen and oxygen atoms in total. The van der Waals surface area contributed by atoms with E-state index in [1.54, 1.807) is 12.7 Å². The normalized spacial score (nSPS) is 24.5. The summed E-state index contributed by atoms with van der Waals surface area (Å²) in [6.07, 6.45) is 5.84. The van der Waals surface area contributed by atoms with E-state index in [4.69, 9.17) is 0 Å². The molecule has 1 amide bonds. The molecule has 4 rings (SSSR count). The summed E-state index contributed by atoms with van der Waals surface area (Å²) in [7, 11) is 1.93. The van der Waals surface area contributed by atoms with Crippen LogP contribution < -0.4 is 10.2 Å². The average Bonchev–Trinajstić information content (AvgIpc) is 3.09. The molecular formula is C16H23N7O. The number of aromatic nitrogens is 4. The van der Waals surface area contributed by atoms with Gasteiger partial charge < -0.3 is 20.1 Å². The number of amides is 1. The molecule has 0 spiro atoms. The molecule has 2 aromatic heterocycles. The minimum absolute atomic E-state index is 0.304. The number of nitrogens with zero attached hydrogens (tertiary/aromatic N) is 5. The van der Waals surface area contributed by atoms with Crippen LogP contribution in [0.25, 0.3) is 11.2 Å². The quantitative estimate of drug-likeness (QED) is 0.843. The third-order valence-electron chi connectivity index (χ3n) is 5.25. The molecule has 4 heterocycles. The molecular weight excluding hydrogens is 306 g/mol. The molecule has 2 aliphatic rings. The second kappa shape index (κ2) is 6.35. The van der Waals surface area contributed by atoms with E-state index in [9.17, 15) is 4.79 Å². The highest BCUT2D eigenvalue weighted by Gasteiger charge is 2.39. The zero-order valence-electron chi connectivity index (χ0n) is 13.9. The van der Waals surface area contributed by atoms with Crippen molar-refractivity contribution < 1.29 is 4.79 Å². The van der Waals surface area contributed by atoms with Gasteiger partial charge in [-0.15, -0.1) is 0 Å². The fourth-order valence-electron chi connectivity index (χ4n) is 4.06. The number of fused-ring (bicyclic) bond motifs is 2.